The number of nitrogens with one attached hydrogen (secondary N) is 2. The van der Waals surface area contributed by atoms with Crippen LogP contribution in [0.1, 0.15) is 67.7 Å². The van der Waals surface area contributed by atoms with Gasteiger partial charge in [0, 0.05) is 30.5 Å². The second kappa shape index (κ2) is 8.37. The maximum atomic E-state index is 14.0. The molecule has 1 aliphatic heterocycles. The van der Waals surface area contributed by atoms with E-state index in [0.717, 1.165) is 19.3 Å². The lowest BCUT2D eigenvalue weighted by Gasteiger charge is -2.49. The van der Waals surface area contributed by atoms with Crippen LogP contribution in [-0.2, 0) is 15.4 Å². The number of sulfonamides is 1. The van der Waals surface area contributed by atoms with Crippen molar-refractivity contribution in [2.75, 3.05) is 31.1 Å². The summed E-state index contributed by atoms with van der Waals surface area (Å²) in [6.07, 6.45) is 7.77. The SMILES string of the molecule is CC1(C)[C@@H]2CC[C@@]1(CS(=O)(=O)N1CCC3(C=Cc4ccccc43)CC1)[C@](O)(CNC(=O)c1nc(N)n[nH]1)C2. The van der Waals surface area contributed by atoms with E-state index in [1.807, 2.05) is 12.1 Å². The Morgan fingerprint density at radius 3 is 2.66 bits per heavy atom. The van der Waals surface area contributed by atoms with Crippen molar-refractivity contribution in [2.45, 2.75) is 57.0 Å². The van der Waals surface area contributed by atoms with Gasteiger partial charge in [-0.25, -0.2) is 12.7 Å². The molecular weight excluding hydrogens is 504 g/mol. The number of rotatable bonds is 6. The number of allylic oxidation sites excluding steroid dienone is 1. The van der Waals surface area contributed by atoms with Gasteiger partial charge in [0.1, 0.15) is 0 Å². The number of aliphatic hydroxyl groups is 1. The van der Waals surface area contributed by atoms with Crippen molar-refractivity contribution in [2.24, 2.45) is 16.7 Å². The van der Waals surface area contributed by atoms with Gasteiger partial charge in [0.15, 0.2) is 0 Å². The molecule has 3 fully saturated rings. The van der Waals surface area contributed by atoms with E-state index in [2.05, 4.69) is 58.6 Å². The number of nitrogens with zero attached hydrogens (tertiary/aromatic N) is 3. The highest BCUT2D eigenvalue weighted by Crippen LogP contribution is 2.70. The summed E-state index contributed by atoms with van der Waals surface area (Å²) in [6, 6.07) is 8.34. The van der Waals surface area contributed by atoms with Gasteiger partial charge in [-0.05, 0) is 54.6 Å². The number of aromatic amines is 1. The highest BCUT2D eigenvalue weighted by molar-refractivity contribution is 7.89. The third kappa shape index (κ3) is 3.58. The summed E-state index contributed by atoms with van der Waals surface area (Å²) in [5.74, 6) is -0.583. The molecule has 10 nitrogen and oxygen atoms in total. The Hall–Kier alpha value is -2.76. The molecule has 0 unspecified atom stereocenters. The van der Waals surface area contributed by atoms with Gasteiger partial charge >= 0.3 is 0 Å². The number of nitrogens with two attached hydrogens (primary N) is 1. The largest absolute Gasteiger partial charge is 0.387 e. The predicted molar refractivity (Wildman–Crippen MR) is 143 cm³/mol. The molecule has 1 spiro atoms. The van der Waals surface area contributed by atoms with Crippen LogP contribution in [-0.4, -0.2) is 69.9 Å². The van der Waals surface area contributed by atoms with Gasteiger partial charge in [-0.2, -0.15) is 4.98 Å². The summed E-state index contributed by atoms with van der Waals surface area (Å²) in [7, 11) is -3.67. The smallest absolute Gasteiger partial charge is 0.288 e. The standard InChI is InChI=1S/C27H36N6O4S/c1-24(2)19-8-10-26(24,27(35,15-19)16-29-22(34)21-30-23(28)32-31-21)17-38(36,37)33-13-11-25(12-14-33)9-7-18-5-3-4-6-20(18)25/h3-7,9,19,35H,8,10-17H2,1-2H3,(H,29,34)(H3,28,30,31,32)/t19-,26+,27-/m1/s1. The lowest BCUT2D eigenvalue weighted by molar-refractivity contribution is -0.0839. The molecule has 2 saturated carbocycles. The third-order valence-corrected chi connectivity index (χ3v) is 12.4. The van der Waals surface area contributed by atoms with E-state index in [1.54, 1.807) is 4.31 Å². The number of nitrogen functional groups attached to an aromatic ring is 1. The van der Waals surface area contributed by atoms with Gasteiger partial charge in [-0.1, -0.05) is 50.3 Å². The van der Waals surface area contributed by atoms with Crippen molar-refractivity contribution in [3.05, 3.63) is 47.3 Å². The van der Waals surface area contributed by atoms with Crippen LogP contribution in [0.2, 0.25) is 0 Å². The first-order valence-corrected chi connectivity index (χ1v) is 15.0. The molecule has 1 aromatic heterocycles. The molecule has 2 bridgehead atoms. The van der Waals surface area contributed by atoms with E-state index in [9.17, 15) is 18.3 Å². The number of carbonyl (C=O) groups is 1. The van der Waals surface area contributed by atoms with Crippen LogP contribution in [0.5, 0.6) is 0 Å². The van der Waals surface area contributed by atoms with Gasteiger partial charge < -0.3 is 16.2 Å². The second-order valence-corrected chi connectivity index (χ2v) is 14.2. The van der Waals surface area contributed by atoms with Crippen LogP contribution >= 0.6 is 0 Å². The lowest BCUT2D eigenvalue weighted by atomic mass is 9.64. The van der Waals surface area contributed by atoms with Gasteiger partial charge in [-0.15, -0.1) is 5.10 Å². The Kier molecular flexibility index (Phi) is 5.62. The quantitative estimate of drug-likeness (QED) is 0.437. The molecule has 11 heteroatoms. The molecule has 1 aromatic carbocycles. The zero-order chi connectivity index (χ0) is 27.0. The first-order valence-electron chi connectivity index (χ1n) is 13.4. The van der Waals surface area contributed by atoms with Crippen molar-refractivity contribution in [1.29, 1.82) is 0 Å². The van der Waals surface area contributed by atoms with E-state index < -0.39 is 32.4 Å². The van der Waals surface area contributed by atoms with Crippen LogP contribution < -0.4 is 11.1 Å². The number of fused-ring (bicyclic) bond motifs is 4. The fourth-order valence-electron chi connectivity index (χ4n) is 8.04. The number of piperidine rings is 1. The summed E-state index contributed by atoms with van der Waals surface area (Å²) in [6.45, 7) is 4.98. The van der Waals surface area contributed by atoms with E-state index in [-0.39, 0.29) is 35.4 Å². The van der Waals surface area contributed by atoms with E-state index in [4.69, 9.17) is 5.73 Å². The number of amides is 1. The molecule has 2 aromatic rings. The Bertz CT molecular complexity index is 1410. The average Bonchev–Trinajstić information content (AvgIpc) is 3.57. The third-order valence-electron chi connectivity index (χ3n) is 10.4. The number of H-pyrrole nitrogens is 1. The molecule has 1 saturated heterocycles. The molecule has 4 aliphatic rings. The maximum Gasteiger partial charge on any atom is 0.288 e. The van der Waals surface area contributed by atoms with E-state index in [0.29, 0.717) is 25.9 Å². The number of carbonyl (C=O) groups excluding carboxylic acids is 1. The number of anilines is 1. The first-order chi connectivity index (χ1) is 17.9. The molecule has 2 heterocycles. The Morgan fingerprint density at radius 1 is 1.24 bits per heavy atom. The van der Waals surface area contributed by atoms with Gasteiger partial charge in [0.05, 0.1) is 11.4 Å². The normalized spacial score (nSPS) is 31.1. The molecule has 204 valence electrons. The zero-order valence-electron chi connectivity index (χ0n) is 21.9. The Balaban J connectivity index is 1.21. The maximum absolute atomic E-state index is 14.0. The molecule has 3 atom stereocenters. The van der Waals surface area contributed by atoms with Crippen LogP contribution in [0.15, 0.2) is 30.3 Å². The number of hydrogen-bond acceptors (Lipinski definition) is 7. The van der Waals surface area contributed by atoms with Gasteiger partial charge in [-0.3, -0.25) is 9.89 Å². The van der Waals surface area contributed by atoms with Crippen LogP contribution in [0.3, 0.4) is 0 Å². The molecule has 1 amide bonds. The van der Waals surface area contributed by atoms with Crippen LogP contribution in [0, 0.1) is 16.7 Å². The number of aromatic nitrogens is 3. The van der Waals surface area contributed by atoms with Gasteiger partial charge in [0.2, 0.25) is 21.8 Å². The zero-order valence-corrected chi connectivity index (χ0v) is 22.7. The van der Waals surface area contributed by atoms with Crippen molar-refractivity contribution in [1.82, 2.24) is 24.8 Å². The molecule has 5 N–H and O–H groups in total. The van der Waals surface area contributed by atoms with E-state index in [1.165, 1.54) is 11.1 Å². The molecular formula is C27H36N6O4S. The summed E-state index contributed by atoms with van der Waals surface area (Å²) in [4.78, 5) is 16.5. The molecule has 0 radical (unpaired) electrons. The van der Waals surface area contributed by atoms with E-state index >= 15 is 0 Å². The highest BCUT2D eigenvalue weighted by atomic mass is 32.2. The predicted octanol–water partition coefficient (Wildman–Crippen LogP) is 2.06. The van der Waals surface area contributed by atoms with Crippen molar-refractivity contribution in [3.8, 4) is 0 Å². The average molecular weight is 541 g/mol. The lowest BCUT2D eigenvalue weighted by Crippen LogP contribution is -2.60. The summed E-state index contributed by atoms with van der Waals surface area (Å²) in [5, 5.41) is 20.9. The Morgan fingerprint density at radius 2 is 1.97 bits per heavy atom. The van der Waals surface area contributed by atoms with Crippen molar-refractivity contribution in [3.63, 3.8) is 0 Å². The summed E-state index contributed by atoms with van der Waals surface area (Å²) in [5.41, 5.74) is 5.25. The number of benzene rings is 1. The van der Waals surface area contributed by atoms with Gasteiger partial charge in [0.25, 0.3) is 5.91 Å². The minimum atomic E-state index is -3.67. The summed E-state index contributed by atoms with van der Waals surface area (Å²) < 4.78 is 29.6. The fourth-order valence-corrected chi connectivity index (χ4v) is 10.4. The van der Waals surface area contributed by atoms with Crippen LogP contribution in [0.25, 0.3) is 6.08 Å². The molecule has 3 aliphatic carbocycles. The van der Waals surface area contributed by atoms with Crippen molar-refractivity contribution < 1.29 is 18.3 Å². The first kappa shape index (κ1) is 25.5. The highest BCUT2D eigenvalue weighted by Gasteiger charge is 2.72. The Labute approximate surface area is 223 Å². The van der Waals surface area contributed by atoms with Crippen LogP contribution in [0.4, 0.5) is 5.95 Å². The minimum absolute atomic E-state index is 0.0417. The molecule has 6 rings (SSSR count). The topological polar surface area (TPSA) is 154 Å². The monoisotopic (exact) mass is 540 g/mol. The molecule has 38 heavy (non-hydrogen) atoms. The minimum Gasteiger partial charge on any atom is -0.387 e. The second-order valence-electron chi connectivity index (χ2n) is 12.2. The fraction of sp³-hybridized carbons (Fsp3) is 0.593. The van der Waals surface area contributed by atoms with Crippen molar-refractivity contribution >= 4 is 28.0 Å². The summed E-state index contributed by atoms with van der Waals surface area (Å²) >= 11 is 0. The number of hydrogen-bond donors (Lipinski definition) is 4.